The van der Waals surface area contributed by atoms with Gasteiger partial charge in [-0.2, -0.15) is 0 Å². The fourth-order valence-electron chi connectivity index (χ4n) is 2.39. The van der Waals surface area contributed by atoms with E-state index in [9.17, 15) is 0 Å². The van der Waals surface area contributed by atoms with E-state index in [0.29, 0.717) is 12.0 Å². The molecule has 0 fully saturated rings. The molecule has 2 atom stereocenters. The lowest BCUT2D eigenvalue weighted by molar-refractivity contribution is 0.463. The van der Waals surface area contributed by atoms with Gasteiger partial charge in [0.15, 0.2) is 0 Å². The lowest BCUT2D eigenvalue weighted by atomic mass is 9.94. The van der Waals surface area contributed by atoms with Gasteiger partial charge in [-0.1, -0.05) is 44.2 Å². The Morgan fingerprint density at radius 2 is 2.00 bits per heavy atom. The van der Waals surface area contributed by atoms with E-state index >= 15 is 0 Å². The van der Waals surface area contributed by atoms with E-state index in [1.165, 1.54) is 10.6 Å². The number of benzene rings is 1. The van der Waals surface area contributed by atoms with Gasteiger partial charge in [0.1, 0.15) is 5.01 Å². The van der Waals surface area contributed by atoms with Crippen LogP contribution in [0.25, 0.3) is 0 Å². The molecule has 3 heteroatoms. The molecule has 2 unspecified atom stereocenters. The van der Waals surface area contributed by atoms with Gasteiger partial charge in [-0.3, -0.25) is 0 Å². The maximum absolute atomic E-state index is 4.67. The Hall–Kier alpha value is -1.19. The first-order valence-corrected chi connectivity index (χ1v) is 8.29. The Morgan fingerprint density at radius 3 is 2.60 bits per heavy atom. The van der Waals surface area contributed by atoms with Crippen LogP contribution in [0.1, 0.15) is 54.9 Å². The minimum atomic E-state index is 0.365. The number of nitrogens with zero attached hydrogens (tertiary/aromatic N) is 1. The number of rotatable bonds is 7. The molecule has 1 aromatic heterocycles. The van der Waals surface area contributed by atoms with Gasteiger partial charge in [-0.15, -0.1) is 11.3 Å². The molecule has 2 nitrogen and oxygen atoms in total. The first kappa shape index (κ1) is 15.2. The summed E-state index contributed by atoms with van der Waals surface area (Å²) in [5.41, 5.74) is 2.53. The summed E-state index contributed by atoms with van der Waals surface area (Å²) in [6.07, 6.45) is 2.25. The van der Waals surface area contributed by atoms with E-state index in [0.717, 1.165) is 25.1 Å². The zero-order chi connectivity index (χ0) is 14.4. The molecule has 0 bridgehead atoms. The van der Waals surface area contributed by atoms with Gasteiger partial charge < -0.3 is 5.32 Å². The largest absolute Gasteiger partial charge is 0.308 e. The summed E-state index contributed by atoms with van der Waals surface area (Å²) in [5, 5.41) is 7.01. The Morgan fingerprint density at radius 1 is 1.25 bits per heavy atom. The Kier molecular flexibility index (Phi) is 5.74. The molecule has 2 aromatic rings. The van der Waals surface area contributed by atoms with Crippen molar-refractivity contribution in [3.05, 3.63) is 52.0 Å². The van der Waals surface area contributed by atoms with Gasteiger partial charge in [0.25, 0.3) is 0 Å². The molecule has 20 heavy (non-hydrogen) atoms. The van der Waals surface area contributed by atoms with Crippen molar-refractivity contribution in [2.75, 3.05) is 6.54 Å². The molecule has 0 aliphatic heterocycles. The molecule has 0 aliphatic rings. The van der Waals surface area contributed by atoms with Gasteiger partial charge in [-0.05, 0) is 37.8 Å². The average molecular weight is 288 g/mol. The summed E-state index contributed by atoms with van der Waals surface area (Å²) in [5.74, 6) is 0.537. The Labute approximate surface area is 126 Å². The third kappa shape index (κ3) is 4.15. The van der Waals surface area contributed by atoms with E-state index < -0.39 is 0 Å². The number of hydrogen-bond acceptors (Lipinski definition) is 3. The highest BCUT2D eigenvalue weighted by molar-refractivity contribution is 7.09. The van der Waals surface area contributed by atoms with Crippen molar-refractivity contribution in [3.8, 4) is 0 Å². The SMILES string of the molecule is CCCNC(CC(C)c1ccccc1)c1nc(C)cs1. The quantitative estimate of drug-likeness (QED) is 0.799. The van der Waals surface area contributed by atoms with Crippen molar-refractivity contribution in [2.24, 2.45) is 0 Å². The summed E-state index contributed by atoms with van der Waals surface area (Å²) >= 11 is 1.77. The zero-order valence-electron chi connectivity index (χ0n) is 12.6. The number of hydrogen-bond donors (Lipinski definition) is 1. The van der Waals surface area contributed by atoms with Crippen LogP contribution in [0, 0.1) is 6.92 Å². The van der Waals surface area contributed by atoms with Crippen LogP contribution >= 0.6 is 11.3 Å². The second kappa shape index (κ2) is 7.55. The Balaban J connectivity index is 2.07. The first-order valence-electron chi connectivity index (χ1n) is 7.41. The number of aromatic nitrogens is 1. The van der Waals surface area contributed by atoms with E-state index in [1.807, 2.05) is 0 Å². The fourth-order valence-corrected chi connectivity index (χ4v) is 3.28. The van der Waals surface area contributed by atoms with Gasteiger partial charge in [0.2, 0.25) is 0 Å². The van der Waals surface area contributed by atoms with Crippen LogP contribution in [0.15, 0.2) is 35.7 Å². The number of aryl methyl sites for hydroxylation is 1. The minimum absolute atomic E-state index is 0.365. The molecule has 0 amide bonds. The maximum atomic E-state index is 4.67. The maximum Gasteiger partial charge on any atom is 0.110 e. The molecular weight excluding hydrogens is 264 g/mol. The highest BCUT2D eigenvalue weighted by atomic mass is 32.1. The standard InChI is InChI=1S/C17H24N2S/c1-4-10-18-16(17-19-14(3)12-20-17)11-13(2)15-8-6-5-7-9-15/h5-9,12-13,16,18H,4,10-11H2,1-3H3. The van der Waals surface area contributed by atoms with Crippen molar-refractivity contribution in [1.29, 1.82) is 0 Å². The van der Waals surface area contributed by atoms with Crippen LogP contribution in [0.5, 0.6) is 0 Å². The molecule has 0 radical (unpaired) electrons. The smallest absolute Gasteiger partial charge is 0.110 e. The fraction of sp³-hybridized carbons (Fsp3) is 0.471. The summed E-state index contributed by atoms with van der Waals surface area (Å²) < 4.78 is 0. The summed E-state index contributed by atoms with van der Waals surface area (Å²) in [6.45, 7) is 7.62. The van der Waals surface area contributed by atoms with Crippen molar-refractivity contribution in [3.63, 3.8) is 0 Å². The van der Waals surface area contributed by atoms with E-state index in [1.54, 1.807) is 11.3 Å². The summed E-state index contributed by atoms with van der Waals surface area (Å²) in [4.78, 5) is 4.67. The zero-order valence-corrected chi connectivity index (χ0v) is 13.4. The predicted molar refractivity (Wildman–Crippen MR) is 87.4 cm³/mol. The highest BCUT2D eigenvalue weighted by Gasteiger charge is 2.18. The summed E-state index contributed by atoms with van der Waals surface area (Å²) in [7, 11) is 0. The normalized spacial score (nSPS) is 14.2. The van der Waals surface area contributed by atoms with Gasteiger partial charge >= 0.3 is 0 Å². The van der Waals surface area contributed by atoms with E-state index in [4.69, 9.17) is 0 Å². The van der Waals surface area contributed by atoms with E-state index in [2.05, 4.69) is 66.8 Å². The molecule has 0 aliphatic carbocycles. The third-order valence-corrected chi connectivity index (χ3v) is 4.61. The van der Waals surface area contributed by atoms with Gasteiger partial charge in [0.05, 0.1) is 6.04 Å². The molecule has 1 heterocycles. The van der Waals surface area contributed by atoms with Crippen LogP contribution in [0.3, 0.4) is 0 Å². The molecule has 0 spiro atoms. The van der Waals surface area contributed by atoms with Crippen molar-refractivity contribution in [1.82, 2.24) is 10.3 Å². The number of thiazole rings is 1. The lowest BCUT2D eigenvalue weighted by Gasteiger charge is -2.21. The molecule has 0 saturated carbocycles. The number of nitrogens with one attached hydrogen (secondary N) is 1. The second-order valence-electron chi connectivity index (χ2n) is 5.38. The van der Waals surface area contributed by atoms with Gasteiger partial charge in [0, 0.05) is 11.1 Å². The Bertz CT molecular complexity index is 507. The lowest BCUT2D eigenvalue weighted by Crippen LogP contribution is -2.23. The van der Waals surface area contributed by atoms with Gasteiger partial charge in [-0.25, -0.2) is 4.98 Å². The van der Waals surface area contributed by atoms with Crippen LogP contribution in [0.4, 0.5) is 0 Å². The third-order valence-electron chi connectivity index (χ3n) is 3.53. The first-order chi connectivity index (χ1) is 9.70. The van der Waals surface area contributed by atoms with Crippen LogP contribution in [-0.4, -0.2) is 11.5 Å². The minimum Gasteiger partial charge on any atom is -0.308 e. The molecule has 1 aromatic carbocycles. The van der Waals surface area contributed by atoms with Crippen LogP contribution in [0.2, 0.25) is 0 Å². The van der Waals surface area contributed by atoms with Crippen molar-refractivity contribution >= 4 is 11.3 Å². The van der Waals surface area contributed by atoms with E-state index in [-0.39, 0.29) is 0 Å². The van der Waals surface area contributed by atoms with Crippen molar-refractivity contribution in [2.45, 2.75) is 45.6 Å². The van der Waals surface area contributed by atoms with Crippen LogP contribution < -0.4 is 5.32 Å². The van der Waals surface area contributed by atoms with Crippen LogP contribution in [-0.2, 0) is 0 Å². The second-order valence-corrected chi connectivity index (χ2v) is 6.27. The summed E-state index contributed by atoms with van der Waals surface area (Å²) in [6, 6.07) is 11.1. The molecule has 2 rings (SSSR count). The average Bonchev–Trinajstić information content (AvgIpc) is 2.90. The predicted octanol–water partition coefficient (Wildman–Crippen LogP) is 4.69. The van der Waals surface area contributed by atoms with Crippen molar-refractivity contribution < 1.29 is 0 Å². The topological polar surface area (TPSA) is 24.9 Å². The highest BCUT2D eigenvalue weighted by Crippen LogP contribution is 2.29. The molecule has 108 valence electrons. The molecule has 1 N–H and O–H groups in total. The molecular formula is C17H24N2S. The monoisotopic (exact) mass is 288 g/mol. The molecule has 0 saturated heterocycles.